The summed E-state index contributed by atoms with van der Waals surface area (Å²) in [5.41, 5.74) is 3.96. The van der Waals surface area contributed by atoms with Crippen LogP contribution in [0.25, 0.3) is 11.5 Å². The zero-order chi connectivity index (χ0) is 13.3. The first-order chi connectivity index (χ1) is 8.52. The van der Waals surface area contributed by atoms with Gasteiger partial charge in [-0.05, 0) is 54.0 Å². The molecule has 0 fully saturated rings. The molecule has 2 aromatic rings. The highest BCUT2D eigenvalue weighted by Crippen LogP contribution is 2.25. The van der Waals surface area contributed by atoms with E-state index in [1.165, 1.54) is 0 Å². The average molecular weight is 374 g/mol. The molecule has 3 nitrogen and oxygen atoms in total. The summed E-state index contributed by atoms with van der Waals surface area (Å²) in [6.07, 6.45) is 2.65. The number of hydrogen-bond donors (Lipinski definition) is 0. The van der Waals surface area contributed by atoms with Crippen LogP contribution in [0, 0.1) is 17.4 Å². The maximum Gasteiger partial charge on any atom is 0.180 e. The van der Waals surface area contributed by atoms with E-state index in [0.717, 1.165) is 32.5 Å². The van der Waals surface area contributed by atoms with Crippen molar-refractivity contribution in [3.05, 3.63) is 37.8 Å². The fourth-order valence-corrected chi connectivity index (χ4v) is 2.56. The van der Waals surface area contributed by atoms with Crippen molar-refractivity contribution in [3.63, 3.8) is 0 Å². The van der Waals surface area contributed by atoms with Crippen LogP contribution in [0.2, 0.25) is 5.15 Å². The SMILES string of the molecule is CCc1nc(-c2ncc(C)cc2C)nc(Cl)c1I. The van der Waals surface area contributed by atoms with Crippen molar-refractivity contribution in [2.45, 2.75) is 27.2 Å². The number of aromatic nitrogens is 3. The molecule has 0 spiro atoms. The zero-order valence-electron chi connectivity index (χ0n) is 10.5. The van der Waals surface area contributed by atoms with Gasteiger partial charge in [-0.15, -0.1) is 0 Å². The van der Waals surface area contributed by atoms with Crippen molar-refractivity contribution >= 4 is 34.2 Å². The monoisotopic (exact) mass is 373 g/mol. The van der Waals surface area contributed by atoms with Gasteiger partial charge in [0.05, 0.1) is 9.26 Å². The first-order valence-electron chi connectivity index (χ1n) is 5.68. The standard InChI is InChI=1S/C13H13ClIN3/c1-4-9-10(15)12(14)18-13(17-9)11-8(3)5-7(2)6-16-11/h5-6H,4H2,1-3H3. The molecule has 0 saturated carbocycles. The Morgan fingerprint density at radius 1 is 1.28 bits per heavy atom. The minimum absolute atomic E-state index is 0.499. The molecule has 2 aromatic heterocycles. The Morgan fingerprint density at radius 3 is 2.61 bits per heavy atom. The van der Waals surface area contributed by atoms with Crippen LogP contribution in [0.3, 0.4) is 0 Å². The van der Waals surface area contributed by atoms with Crippen molar-refractivity contribution in [1.82, 2.24) is 15.0 Å². The van der Waals surface area contributed by atoms with Crippen LogP contribution in [0.1, 0.15) is 23.7 Å². The maximum atomic E-state index is 6.14. The lowest BCUT2D eigenvalue weighted by atomic mass is 10.1. The maximum absolute atomic E-state index is 6.14. The molecule has 0 saturated heterocycles. The van der Waals surface area contributed by atoms with E-state index in [9.17, 15) is 0 Å². The van der Waals surface area contributed by atoms with Gasteiger partial charge >= 0.3 is 0 Å². The summed E-state index contributed by atoms with van der Waals surface area (Å²) in [5.74, 6) is 0.606. The first kappa shape index (κ1) is 13.7. The van der Waals surface area contributed by atoms with Crippen molar-refractivity contribution in [2.24, 2.45) is 0 Å². The quantitative estimate of drug-likeness (QED) is 0.590. The third-order valence-electron chi connectivity index (χ3n) is 2.64. The topological polar surface area (TPSA) is 38.7 Å². The molecule has 0 aliphatic carbocycles. The molecule has 0 aliphatic rings. The third kappa shape index (κ3) is 2.64. The van der Waals surface area contributed by atoms with Gasteiger partial charge in [0.25, 0.3) is 0 Å². The summed E-state index contributed by atoms with van der Waals surface area (Å²) >= 11 is 8.32. The molecule has 0 amide bonds. The van der Waals surface area contributed by atoms with Crippen LogP contribution in [0.4, 0.5) is 0 Å². The van der Waals surface area contributed by atoms with E-state index in [-0.39, 0.29) is 0 Å². The van der Waals surface area contributed by atoms with E-state index in [4.69, 9.17) is 11.6 Å². The van der Waals surface area contributed by atoms with Crippen molar-refractivity contribution in [3.8, 4) is 11.5 Å². The van der Waals surface area contributed by atoms with Crippen LogP contribution in [0.15, 0.2) is 12.3 Å². The fraction of sp³-hybridized carbons (Fsp3) is 0.308. The van der Waals surface area contributed by atoms with Gasteiger partial charge in [0.1, 0.15) is 10.8 Å². The summed E-state index contributed by atoms with van der Waals surface area (Å²) in [4.78, 5) is 13.3. The number of rotatable bonds is 2. The van der Waals surface area contributed by atoms with Gasteiger partial charge in [-0.25, -0.2) is 9.97 Å². The van der Waals surface area contributed by atoms with Gasteiger partial charge in [0, 0.05) is 6.20 Å². The predicted molar refractivity (Wildman–Crippen MR) is 81.8 cm³/mol. The molecule has 0 aliphatic heterocycles. The molecule has 0 radical (unpaired) electrons. The summed E-state index contributed by atoms with van der Waals surface area (Å²) in [6, 6.07) is 2.07. The Bertz CT molecular complexity index is 599. The molecule has 2 rings (SSSR count). The first-order valence-corrected chi connectivity index (χ1v) is 7.14. The molecule has 0 aromatic carbocycles. The lowest BCUT2D eigenvalue weighted by molar-refractivity contribution is 0.979. The molecule has 0 bridgehead atoms. The van der Waals surface area contributed by atoms with Crippen LogP contribution < -0.4 is 0 Å². The molecule has 94 valence electrons. The van der Waals surface area contributed by atoms with Crippen LogP contribution in [-0.4, -0.2) is 15.0 Å². The molecule has 5 heteroatoms. The van der Waals surface area contributed by atoms with E-state index in [1.807, 2.05) is 20.0 Å². The Balaban J connectivity index is 2.60. The number of pyridine rings is 1. The number of halogens is 2. The summed E-state index contributed by atoms with van der Waals surface area (Å²) in [7, 11) is 0. The second-order valence-corrected chi connectivity index (χ2v) is 5.57. The predicted octanol–water partition coefficient (Wildman–Crippen LogP) is 3.98. The molecule has 0 unspecified atom stereocenters. The van der Waals surface area contributed by atoms with Crippen LogP contribution in [0.5, 0.6) is 0 Å². The average Bonchev–Trinajstić information content (AvgIpc) is 2.32. The molecule has 2 heterocycles. The summed E-state index contributed by atoms with van der Waals surface area (Å²) in [6.45, 7) is 6.08. The van der Waals surface area contributed by atoms with E-state index < -0.39 is 0 Å². The minimum Gasteiger partial charge on any atom is -0.252 e. The van der Waals surface area contributed by atoms with E-state index in [0.29, 0.717) is 11.0 Å². The van der Waals surface area contributed by atoms with Crippen molar-refractivity contribution in [2.75, 3.05) is 0 Å². The Kier molecular flexibility index (Phi) is 4.17. The molecule has 0 N–H and O–H groups in total. The lowest BCUT2D eigenvalue weighted by Crippen LogP contribution is -2.02. The second kappa shape index (κ2) is 5.48. The minimum atomic E-state index is 0.499. The fourth-order valence-electron chi connectivity index (χ4n) is 1.75. The van der Waals surface area contributed by atoms with E-state index >= 15 is 0 Å². The highest BCUT2D eigenvalue weighted by atomic mass is 127. The van der Waals surface area contributed by atoms with Crippen molar-refractivity contribution < 1.29 is 0 Å². The van der Waals surface area contributed by atoms with Crippen molar-refractivity contribution in [1.29, 1.82) is 0 Å². The third-order valence-corrected chi connectivity index (χ3v) is 4.37. The highest BCUT2D eigenvalue weighted by molar-refractivity contribution is 14.1. The number of aryl methyl sites for hydroxylation is 3. The lowest BCUT2D eigenvalue weighted by Gasteiger charge is -2.08. The van der Waals surface area contributed by atoms with Gasteiger partial charge in [-0.2, -0.15) is 0 Å². The van der Waals surface area contributed by atoms with Gasteiger partial charge in [0.15, 0.2) is 5.82 Å². The van der Waals surface area contributed by atoms with E-state index in [1.54, 1.807) is 0 Å². The zero-order valence-corrected chi connectivity index (χ0v) is 13.4. The Morgan fingerprint density at radius 2 is 2.00 bits per heavy atom. The van der Waals surface area contributed by atoms with Gasteiger partial charge < -0.3 is 0 Å². The number of hydrogen-bond acceptors (Lipinski definition) is 3. The molecular formula is C13H13ClIN3. The number of nitrogens with zero attached hydrogens (tertiary/aromatic N) is 3. The van der Waals surface area contributed by atoms with Crippen LogP contribution >= 0.6 is 34.2 Å². The Labute approximate surface area is 125 Å². The normalized spacial score (nSPS) is 10.7. The summed E-state index contributed by atoms with van der Waals surface area (Å²) in [5, 5.41) is 0.499. The van der Waals surface area contributed by atoms with Gasteiger partial charge in [0.2, 0.25) is 0 Å². The van der Waals surface area contributed by atoms with Gasteiger partial charge in [-0.1, -0.05) is 24.6 Å². The molecule has 0 atom stereocenters. The van der Waals surface area contributed by atoms with Gasteiger partial charge in [-0.3, -0.25) is 4.98 Å². The van der Waals surface area contributed by atoms with Crippen LogP contribution in [-0.2, 0) is 6.42 Å². The second-order valence-electron chi connectivity index (χ2n) is 4.13. The smallest absolute Gasteiger partial charge is 0.180 e. The molecular weight excluding hydrogens is 361 g/mol. The summed E-state index contributed by atoms with van der Waals surface area (Å²) < 4.78 is 0.922. The Hall–Kier alpha value is -0.750. The largest absolute Gasteiger partial charge is 0.252 e. The molecule has 18 heavy (non-hydrogen) atoms. The van der Waals surface area contributed by atoms with E-state index in [2.05, 4.69) is 50.5 Å². The highest BCUT2D eigenvalue weighted by Gasteiger charge is 2.13.